The average Bonchev–Trinajstić information content (AvgIpc) is 2.52. The third kappa shape index (κ3) is 5.98. The molecule has 124 valence electrons. The van der Waals surface area contributed by atoms with Gasteiger partial charge in [0.2, 0.25) is 0 Å². The van der Waals surface area contributed by atoms with Crippen LogP contribution in [0, 0.1) is 11.8 Å². The number of piperidine rings is 1. The molecule has 1 aromatic carbocycles. The van der Waals surface area contributed by atoms with Crippen LogP contribution in [0.3, 0.4) is 0 Å². The first-order valence-corrected chi connectivity index (χ1v) is 8.22. The highest BCUT2D eigenvalue weighted by molar-refractivity contribution is 5.89. The van der Waals surface area contributed by atoms with Gasteiger partial charge in [0.05, 0.1) is 31.8 Å². The number of carbonyl (C=O) groups excluding carboxylic acids is 1. The van der Waals surface area contributed by atoms with Crippen LogP contribution < -0.4 is 17.3 Å². The number of esters is 1. The summed E-state index contributed by atoms with van der Waals surface area (Å²) in [4.78, 5) is 13.5. The summed E-state index contributed by atoms with van der Waals surface area (Å²) in [5.41, 5.74) is 0.641. The summed E-state index contributed by atoms with van der Waals surface area (Å²) < 4.78 is 5.33. The van der Waals surface area contributed by atoms with Crippen molar-refractivity contribution in [1.82, 2.24) is 0 Å². The number of benzene rings is 1. The molecule has 4 heteroatoms. The number of nitrogens with one attached hydrogen (secondary N) is 1. The van der Waals surface area contributed by atoms with Gasteiger partial charge in [-0.2, -0.15) is 0 Å². The van der Waals surface area contributed by atoms with E-state index < -0.39 is 0 Å². The van der Waals surface area contributed by atoms with Crippen molar-refractivity contribution >= 4 is 5.97 Å². The molecule has 0 aliphatic carbocycles. The van der Waals surface area contributed by atoms with Gasteiger partial charge in [-0.15, -0.1) is 0 Å². The van der Waals surface area contributed by atoms with Gasteiger partial charge in [0.1, 0.15) is 0 Å². The van der Waals surface area contributed by atoms with Crippen LogP contribution in [0.2, 0.25) is 0 Å². The Morgan fingerprint density at radius 1 is 1.23 bits per heavy atom. The maximum absolute atomic E-state index is 11.8. The second-order valence-corrected chi connectivity index (χ2v) is 6.44. The quantitative estimate of drug-likeness (QED) is 0.548. The number of carbonyl (C=O) groups is 1. The molecule has 2 rings (SSSR count). The van der Waals surface area contributed by atoms with Crippen molar-refractivity contribution in [3.05, 3.63) is 35.9 Å². The van der Waals surface area contributed by atoms with Crippen molar-refractivity contribution < 1.29 is 26.8 Å². The van der Waals surface area contributed by atoms with Crippen LogP contribution in [0.4, 0.5) is 0 Å². The summed E-state index contributed by atoms with van der Waals surface area (Å²) in [6.07, 6.45) is 3.65. The van der Waals surface area contributed by atoms with Crippen LogP contribution in [0.1, 0.15) is 43.5 Å². The second-order valence-electron chi connectivity index (χ2n) is 6.44. The number of hydrogen-bond acceptors (Lipinski definition) is 2. The molecule has 0 saturated carbocycles. The molecule has 0 bridgehead atoms. The topological polar surface area (TPSA) is 30.7 Å². The molecule has 1 aliphatic heterocycles. The number of ether oxygens (including phenoxy) is 1. The van der Waals surface area contributed by atoms with E-state index in [1.807, 2.05) is 18.2 Å². The summed E-state index contributed by atoms with van der Waals surface area (Å²) in [6.45, 7) is 8.86. The first-order chi connectivity index (χ1) is 10.2. The molecule has 3 nitrogen and oxygen atoms in total. The maximum atomic E-state index is 11.8. The van der Waals surface area contributed by atoms with Crippen molar-refractivity contribution in [3.8, 4) is 0 Å². The molecule has 1 aliphatic rings. The van der Waals surface area contributed by atoms with E-state index in [1.165, 1.54) is 25.9 Å². The third-order valence-corrected chi connectivity index (χ3v) is 4.60. The maximum Gasteiger partial charge on any atom is 0.338 e. The molecule has 1 heterocycles. The standard InChI is InChI=1S/C18H27NO2.ClH/c1-15(2)16-9-12-19(13-10-16)11-6-14-21-18(20)17-7-4-3-5-8-17;/h3-5,7-8,15-16H,6,9-14H2,1-2H3;1H. The van der Waals surface area contributed by atoms with Gasteiger partial charge in [0.25, 0.3) is 0 Å². The number of halogens is 1. The highest BCUT2D eigenvalue weighted by Gasteiger charge is 2.23. The molecule has 1 saturated heterocycles. The van der Waals surface area contributed by atoms with E-state index in [1.54, 1.807) is 17.0 Å². The van der Waals surface area contributed by atoms with Crippen LogP contribution in [0.25, 0.3) is 0 Å². The largest absolute Gasteiger partial charge is 1.00 e. The number of rotatable bonds is 6. The zero-order chi connectivity index (χ0) is 15.1. The molecule has 0 radical (unpaired) electrons. The molecule has 0 unspecified atom stereocenters. The predicted octanol–water partition coefficient (Wildman–Crippen LogP) is -0.812. The fourth-order valence-electron chi connectivity index (χ4n) is 3.11. The minimum Gasteiger partial charge on any atom is -1.00 e. The Kier molecular flexibility index (Phi) is 8.51. The highest BCUT2D eigenvalue weighted by Crippen LogP contribution is 2.19. The lowest BCUT2D eigenvalue weighted by Gasteiger charge is -2.31. The Labute approximate surface area is 140 Å². The molecule has 0 aromatic heterocycles. The van der Waals surface area contributed by atoms with Gasteiger partial charge < -0.3 is 22.0 Å². The first kappa shape index (κ1) is 19.0. The van der Waals surface area contributed by atoms with Gasteiger partial charge in [-0.25, -0.2) is 4.79 Å². The van der Waals surface area contributed by atoms with E-state index in [4.69, 9.17) is 4.74 Å². The Morgan fingerprint density at radius 3 is 2.45 bits per heavy atom. The van der Waals surface area contributed by atoms with Crippen LogP contribution in [-0.2, 0) is 4.74 Å². The molecular formula is C18H28ClNO2. The molecule has 0 atom stereocenters. The van der Waals surface area contributed by atoms with Crippen LogP contribution in [0.15, 0.2) is 30.3 Å². The van der Waals surface area contributed by atoms with Gasteiger partial charge in [0.15, 0.2) is 0 Å². The smallest absolute Gasteiger partial charge is 0.338 e. The van der Waals surface area contributed by atoms with Crippen molar-refractivity contribution in [2.75, 3.05) is 26.2 Å². The predicted molar refractivity (Wildman–Crippen MR) is 84.5 cm³/mol. The Bertz CT molecular complexity index is 428. The van der Waals surface area contributed by atoms with Gasteiger partial charge in [0, 0.05) is 6.42 Å². The van der Waals surface area contributed by atoms with E-state index in [-0.39, 0.29) is 18.4 Å². The molecule has 1 aromatic rings. The molecule has 0 spiro atoms. The molecule has 22 heavy (non-hydrogen) atoms. The van der Waals surface area contributed by atoms with Gasteiger partial charge in [-0.05, 0) is 36.8 Å². The average molecular weight is 326 g/mol. The summed E-state index contributed by atoms with van der Waals surface area (Å²) in [6, 6.07) is 9.22. The lowest BCUT2D eigenvalue weighted by molar-refractivity contribution is -0.906. The SMILES string of the molecule is CC(C)C1CC[NH+](CCCOC(=O)c2ccccc2)CC1.[Cl-]. The van der Waals surface area contributed by atoms with E-state index in [2.05, 4.69) is 13.8 Å². The van der Waals surface area contributed by atoms with Crippen molar-refractivity contribution in [2.45, 2.75) is 33.1 Å². The van der Waals surface area contributed by atoms with E-state index in [0.29, 0.717) is 12.2 Å². The fraction of sp³-hybridized carbons (Fsp3) is 0.611. The van der Waals surface area contributed by atoms with Crippen molar-refractivity contribution in [1.29, 1.82) is 0 Å². The zero-order valence-electron chi connectivity index (χ0n) is 13.7. The Balaban J connectivity index is 0.00000242. The fourth-order valence-corrected chi connectivity index (χ4v) is 3.11. The lowest BCUT2D eigenvalue weighted by atomic mass is 9.87. The first-order valence-electron chi connectivity index (χ1n) is 8.22. The normalized spacial score (nSPS) is 21.2. The molecule has 1 N–H and O–H groups in total. The third-order valence-electron chi connectivity index (χ3n) is 4.60. The summed E-state index contributed by atoms with van der Waals surface area (Å²) in [5, 5.41) is 0. The van der Waals surface area contributed by atoms with Gasteiger partial charge in [-0.1, -0.05) is 32.0 Å². The Hall–Kier alpha value is -1.06. The van der Waals surface area contributed by atoms with Crippen molar-refractivity contribution in [2.24, 2.45) is 11.8 Å². The van der Waals surface area contributed by atoms with E-state index in [0.717, 1.165) is 24.8 Å². The van der Waals surface area contributed by atoms with Gasteiger partial charge in [-0.3, -0.25) is 0 Å². The van der Waals surface area contributed by atoms with E-state index in [9.17, 15) is 4.79 Å². The lowest BCUT2D eigenvalue weighted by Crippen LogP contribution is -3.13. The second kappa shape index (κ2) is 9.86. The molecular weight excluding hydrogens is 298 g/mol. The monoisotopic (exact) mass is 325 g/mol. The Morgan fingerprint density at radius 2 is 1.86 bits per heavy atom. The molecule has 1 fully saturated rings. The summed E-state index contributed by atoms with van der Waals surface area (Å²) in [5.74, 6) is 1.52. The van der Waals surface area contributed by atoms with Crippen molar-refractivity contribution in [3.63, 3.8) is 0 Å². The van der Waals surface area contributed by atoms with Gasteiger partial charge >= 0.3 is 5.97 Å². The number of likely N-dealkylation sites (tertiary alicyclic amines) is 1. The van der Waals surface area contributed by atoms with Crippen LogP contribution in [0.5, 0.6) is 0 Å². The molecule has 0 amide bonds. The highest BCUT2D eigenvalue weighted by atomic mass is 35.5. The summed E-state index contributed by atoms with van der Waals surface area (Å²) in [7, 11) is 0. The minimum absolute atomic E-state index is 0. The minimum atomic E-state index is -0.205. The van der Waals surface area contributed by atoms with E-state index >= 15 is 0 Å². The number of quaternary nitrogens is 1. The van der Waals surface area contributed by atoms with Crippen LogP contribution >= 0.6 is 0 Å². The summed E-state index contributed by atoms with van der Waals surface area (Å²) >= 11 is 0. The zero-order valence-corrected chi connectivity index (χ0v) is 14.4. The number of hydrogen-bond donors (Lipinski definition) is 1. The van der Waals surface area contributed by atoms with Crippen LogP contribution in [-0.4, -0.2) is 32.2 Å².